The van der Waals surface area contributed by atoms with Crippen molar-refractivity contribution in [1.29, 1.82) is 5.26 Å². The number of benzene rings is 2. The molecule has 0 N–H and O–H groups in total. The Bertz CT molecular complexity index is 1190. The summed E-state index contributed by atoms with van der Waals surface area (Å²) in [4.78, 5) is 23.6. The van der Waals surface area contributed by atoms with Crippen LogP contribution in [-0.4, -0.2) is 19.7 Å². The zero-order valence-electron chi connectivity index (χ0n) is 15.8. The number of rotatable bonds is 6. The summed E-state index contributed by atoms with van der Waals surface area (Å²) in [5.74, 6) is 0.541. The molecule has 7 nitrogen and oxygen atoms in total. The first kappa shape index (κ1) is 19.7. The summed E-state index contributed by atoms with van der Waals surface area (Å²) in [6.45, 7) is 1.71. The minimum Gasteiger partial charge on any atom is -0.493 e. The highest BCUT2D eigenvalue weighted by Crippen LogP contribution is 2.28. The van der Waals surface area contributed by atoms with Gasteiger partial charge in [0.25, 0.3) is 0 Å². The monoisotopic (exact) mass is 391 g/mol. The molecule has 29 heavy (non-hydrogen) atoms. The van der Waals surface area contributed by atoms with Gasteiger partial charge in [0.1, 0.15) is 17.4 Å². The quantitative estimate of drug-likeness (QED) is 0.274. The second-order valence-corrected chi connectivity index (χ2v) is 6.02. The number of fused-ring (bicyclic) bond motifs is 1. The molecule has 3 rings (SSSR count). The van der Waals surface area contributed by atoms with Crippen LogP contribution in [-0.2, 0) is 4.79 Å². The molecule has 0 aliphatic heterocycles. The van der Waals surface area contributed by atoms with E-state index in [9.17, 15) is 9.59 Å². The molecule has 0 unspecified atom stereocenters. The Hall–Kier alpha value is -4.05. The van der Waals surface area contributed by atoms with Gasteiger partial charge in [0, 0.05) is 23.6 Å². The van der Waals surface area contributed by atoms with Crippen LogP contribution in [0.25, 0.3) is 17.0 Å². The lowest BCUT2D eigenvalue weighted by atomic mass is 10.1. The number of aryl methyl sites for hydroxylation is 1. The van der Waals surface area contributed by atoms with Crippen molar-refractivity contribution in [1.82, 2.24) is 0 Å². The van der Waals surface area contributed by atoms with Crippen LogP contribution in [0.2, 0.25) is 0 Å². The molecule has 0 spiro atoms. The Morgan fingerprint density at radius 2 is 2.00 bits per heavy atom. The largest absolute Gasteiger partial charge is 0.493 e. The highest BCUT2D eigenvalue weighted by atomic mass is 16.5. The van der Waals surface area contributed by atoms with E-state index in [2.05, 4.69) is 0 Å². The van der Waals surface area contributed by atoms with Gasteiger partial charge in [-0.15, -0.1) is 0 Å². The lowest BCUT2D eigenvalue weighted by molar-refractivity contribution is -0.128. The fourth-order valence-electron chi connectivity index (χ4n) is 2.70. The molecule has 0 saturated carbocycles. The fourth-order valence-corrected chi connectivity index (χ4v) is 2.70. The Kier molecular flexibility index (Phi) is 5.95. The van der Waals surface area contributed by atoms with Crippen molar-refractivity contribution in [2.45, 2.75) is 6.92 Å². The zero-order chi connectivity index (χ0) is 20.8. The molecule has 0 amide bonds. The molecule has 0 fully saturated rings. The van der Waals surface area contributed by atoms with Crippen LogP contribution in [0.5, 0.6) is 17.2 Å². The molecule has 0 atom stereocenters. The van der Waals surface area contributed by atoms with Crippen LogP contribution < -0.4 is 19.8 Å². The standard InChI is InChI=1S/C22H17NO6/c1-14-11-22(25)29-19-13-16(5-6-17(14)19)28-21(24)8-4-15-3-7-18(27-10-9-23)20(12-15)26-2/h3-8,11-13H,10H2,1-2H3/b8-4+. The van der Waals surface area contributed by atoms with Crippen molar-refractivity contribution in [2.24, 2.45) is 0 Å². The summed E-state index contributed by atoms with van der Waals surface area (Å²) >= 11 is 0. The summed E-state index contributed by atoms with van der Waals surface area (Å²) in [7, 11) is 1.48. The normalized spacial score (nSPS) is 10.7. The molecule has 0 bridgehead atoms. The van der Waals surface area contributed by atoms with Crippen LogP contribution in [0.15, 0.2) is 57.8 Å². The van der Waals surface area contributed by atoms with Crippen molar-refractivity contribution < 1.29 is 23.4 Å². The SMILES string of the molecule is COc1cc(/C=C/C(=O)Oc2ccc3c(C)cc(=O)oc3c2)ccc1OCC#N. The van der Waals surface area contributed by atoms with Crippen molar-refractivity contribution >= 4 is 23.0 Å². The average molecular weight is 391 g/mol. The molecule has 0 aliphatic carbocycles. The summed E-state index contributed by atoms with van der Waals surface area (Å²) in [6, 6.07) is 13.2. The van der Waals surface area contributed by atoms with E-state index < -0.39 is 11.6 Å². The predicted molar refractivity (Wildman–Crippen MR) is 106 cm³/mol. The van der Waals surface area contributed by atoms with Gasteiger partial charge < -0.3 is 18.6 Å². The highest BCUT2D eigenvalue weighted by Gasteiger charge is 2.08. The maximum atomic E-state index is 12.1. The number of nitrogens with zero attached hydrogens (tertiary/aromatic N) is 1. The van der Waals surface area contributed by atoms with Crippen molar-refractivity contribution in [3.8, 4) is 23.3 Å². The van der Waals surface area contributed by atoms with E-state index in [0.29, 0.717) is 22.6 Å². The second-order valence-electron chi connectivity index (χ2n) is 6.02. The summed E-state index contributed by atoms with van der Waals surface area (Å²) < 4.78 is 20.9. The third kappa shape index (κ3) is 4.82. The van der Waals surface area contributed by atoms with E-state index in [-0.39, 0.29) is 12.4 Å². The first-order valence-electron chi connectivity index (χ1n) is 8.62. The Morgan fingerprint density at radius 1 is 1.17 bits per heavy atom. The van der Waals surface area contributed by atoms with Crippen LogP contribution >= 0.6 is 0 Å². The molecule has 1 heterocycles. The topological polar surface area (TPSA) is 98.8 Å². The van der Waals surface area contributed by atoms with Gasteiger partial charge >= 0.3 is 11.6 Å². The van der Waals surface area contributed by atoms with E-state index in [0.717, 1.165) is 10.9 Å². The lowest BCUT2D eigenvalue weighted by Gasteiger charge is -2.08. The highest BCUT2D eigenvalue weighted by molar-refractivity contribution is 5.89. The van der Waals surface area contributed by atoms with E-state index in [4.69, 9.17) is 23.9 Å². The maximum Gasteiger partial charge on any atom is 0.336 e. The Balaban J connectivity index is 1.73. The molecule has 146 valence electrons. The Morgan fingerprint density at radius 3 is 2.76 bits per heavy atom. The van der Waals surface area contributed by atoms with E-state index in [1.165, 1.54) is 25.3 Å². The first-order chi connectivity index (χ1) is 14.0. The van der Waals surface area contributed by atoms with Gasteiger partial charge in [0.05, 0.1) is 7.11 Å². The van der Waals surface area contributed by atoms with Crippen LogP contribution in [0.4, 0.5) is 0 Å². The third-order valence-corrected chi connectivity index (χ3v) is 4.03. The molecule has 1 aromatic heterocycles. The molecule has 0 saturated heterocycles. The van der Waals surface area contributed by atoms with E-state index in [1.807, 2.05) is 6.07 Å². The summed E-state index contributed by atoms with van der Waals surface area (Å²) in [6.07, 6.45) is 2.82. The second kappa shape index (κ2) is 8.76. The predicted octanol–water partition coefficient (Wildman–Crippen LogP) is 3.63. The average Bonchev–Trinajstić information content (AvgIpc) is 2.70. The van der Waals surface area contributed by atoms with Gasteiger partial charge in [-0.2, -0.15) is 5.26 Å². The van der Waals surface area contributed by atoms with Gasteiger partial charge in [0.15, 0.2) is 18.1 Å². The maximum absolute atomic E-state index is 12.1. The first-order valence-corrected chi connectivity index (χ1v) is 8.62. The van der Waals surface area contributed by atoms with Gasteiger partial charge in [-0.1, -0.05) is 6.07 Å². The number of methoxy groups -OCH3 is 1. The van der Waals surface area contributed by atoms with Crippen LogP contribution in [0, 0.1) is 18.3 Å². The third-order valence-electron chi connectivity index (χ3n) is 4.03. The van der Waals surface area contributed by atoms with Crippen LogP contribution in [0.3, 0.4) is 0 Å². The van der Waals surface area contributed by atoms with Crippen molar-refractivity contribution in [3.05, 3.63) is 70.1 Å². The summed E-state index contributed by atoms with van der Waals surface area (Å²) in [5.41, 5.74) is 1.35. The number of hydrogen-bond acceptors (Lipinski definition) is 7. The number of esters is 1. The lowest BCUT2D eigenvalue weighted by Crippen LogP contribution is -2.04. The molecule has 0 aliphatic rings. The van der Waals surface area contributed by atoms with Gasteiger partial charge in [0.2, 0.25) is 0 Å². The molecule has 0 radical (unpaired) electrons. The minimum atomic E-state index is -0.594. The minimum absolute atomic E-state index is 0.0940. The number of ether oxygens (including phenoxy) is 3. The van der Waals surface area contributed by atoms with Crippen molar-refractivity contribution in [2.75, 3.05) is 13.7 Å². The van der Waals surface area contributed by atoms with Crippen LogP contribution in [0.1, 0.15) is 11.1 Å². The number of carbonyl (C=O) groups excluding carboxylic acids is 1. The zero-order valence-corrected chi connectivity index (χ0v) is 15.8. The molecule has 2 aromatic carbocycles. The summed E-state index contributed by atoms with van der Waals surface area (Å²) in [5, 5.41) is 9.37. The van der Waals surface area contributed by atoms with E-state index in [1.54, 1.807) is 43.3 Å². The number of nitriles is 1. The number of hydrogen-bond donors (Lipinski definition) is 0. The smallest absolute Gasteiger partial charge is 0.336 e. The fraction of sp³-hybridized carbons (Fsp3) is 0.136. The molecule has 3 aromatic rings. The Labute approximate surface area is 166 Å². The van der Waals surface area contributed by atoms with Gasteiger partial charge in [-0.25, -0.2) is 9.59 Å². The van der Waals surface area contributed by atoms with E-state index >= 15 is 0 Å². The van der Waals surface area contributed by atoms with Gasteiger partial charge in [-0.05, 0) is 48.4 Å². The molecular formula is C22H17NO6. The van der Waals surface area contributed by atoms with Gasteiger partial charge in [-0.3, -0.25) is 0 Å². The molecule has 7 heteroatoms. The molecular weight excluding hydrogens is 374 g/mol. The van der Waals surface area contributed by atoms with Crippen molar-refractivity contribution in [3.63, 3.8) is 0 Å². The number of carbonyl (C=O) groups is 1.